The highest BCUT2D eigenvalue weighted by atomic mass is 35.5. The molecule has 0 bridgehead atoms. The third kappa shape index (κ3) is 5.63. The van der Waals surface area contributed by atoms with Crippen molar-refractivity contribution in [1.29, 1.82) is 0 Å². The van der Waals surface area contributed by atoms with Crippen molar-refractivity contribution in [1.82, 2.24) is 4.90 Å². The van der Waals surface area contributed by atoms with Gasteiger partial charge in [0.25, 0.3) is 11.8 Å². The Hall–Kier alpha value is -2.44. The second-order valence-electron chi connectivity index (χ2n) is 7.33. The molecule has 1 saturated heterocycles. The minimum absolute atomic E-state index is 0.120. The Labute approximate surface area is 192 Å². The summed E-state index contributed by atoms with van der Waals surface area (Å²) in [6, 6.07) is 7.94. The Kier molecular flexibility index (Phi) is 8.04. The van der Waals surface area contributed by atoms with Gasteiger partial charge in [0.05, 0.1) is 30.0 Å². The van der Waals surface area contributed by atoms with E-state index in [1.165, 1.54) is 13.2 Å². The number of halogens is 2. The number of nitrogens with zero attached hydrogens (tertiary/aromatic N) is 1. The molecule has 0 radical (unpaired) electrons. The Bertz CT molecular complexity index is 959. The lowest BCUT2D eigenvalue weighted by atomic mass is 10.1. The molecule has 1 N–H and O–H groups in total. The van der Waals surface area contributed by atoms with Gasteiger partial charge in [-0.3, -0.25) is 9.59 Å². The molecule has 6 nitrogen and oxygen atoms in total. The number of methoxy groups -OCH3 is 1. The van der Waals surface area contributed by atoms with E-state index in [4.69, 9.17) is 32.7 Å². The van der Waals surface area contributed by atoms with Gasteiger partial charge < -0.3 is 19.7 Å². The third-order valence-corrected chi connectivity index (χ3v) is 5.56. The van der Waals surface area contributed by atoms with Gasteiger partial charge >= 0.3 is 0 Å². The van der Waals surface area contributed by atoms with Crippen molar-refractivity contribution in [2.24, 2.45) is 0 Å². The van der Waals surface area contributed by atoms with E-state index in [-0.39, 0.29) is 16.5 Å². The Morgan fingerprint density at radius 1 is 1.10 bits per heavy atom. The quantitative estimate of drug-likeness (QED) is 0.572. The molecule has 0 unspecified atom stereocenters. The summed E-state index contributed by atoms with van der Waals surface area (Å²) in [5.41, 5.74) is 1.04. The maximum atomic E-state index is 13.0. The maximum absolute atomic E-state index is 13.0. The number of hydrogen-bond donors (Lipinski definition) is 1. The van der Waals surface area contributed by atoms with Crippen molar-refractivity contribution < 1.29 is 19.1 Å². The molecule has 1 aliphatic rings. The molecule has 8 heteroatoms. The summed E-state index contributed by atoms with van der Waals surface area (Å²) in [6.45, 7) is 3.88. The van der Waals surface area contributed by atoms with E-state index in [0.29, 0.717) is 47.5 Å². The molecule has 166 valence electrons. The molecule has 3 rings (SSSR count). The monoisotopic (exact) mass is 464 g/mol. The summed E-state index contributed by atoms with van der Waals surface area (Å²) in [5.74, 6) is 0.205. The highest BCUT2D eigenvalue weighted by Gasteiger charge is 2.23. The number of benzene rings is 2. The average Bonchev–Trinajstić information content (AvgIpc) is 2.78. The molecule has 0 spiro atoms. The van der Waals surface area contributed by atoms with Gasteiger partial charge in [-0.05, 0) is 56.0 Å². The van der Waals surface area contributed by atoms with Crippen LogP contribution in [-0.4, -0.2) is 43.5 Å². The number of nitrogens with one attached hydrogen (secondary N) is 1. The lowest BCUT2D eigenvalue weighted by Gasteiger charge is -2.27. The van der Waals surface area contributed by atoms with Crippen LogP contribution in [-0.2, 0) is 0 Å². The van der Waals surface area contributed by atoms with Crippen molar-refractivity contribution in [3.63, 3.8) is 0 Å². The average molecular weight is 465 g/mol. The molecule has 0 atom stereocenters. The summed E-state index contributed by atoms with van der Waals surface area (Å²) in [5, 5.41) is 3.50. The van der Waals surface area contributed by atoms with Gasteiger partial charge in [-0.15, -0.1) is 0 Å². The number of carbonyl (C=O) groups excluding carboxylic acids is 2. The molecule has 1 heterocycles. The fraction of sp³-hybridized carbons (Fsp3) is 0.391. The number of hydrogen-bond acceptors (Lipinski definition) is 4. The van der Waals surface area contributed by atoms with Gasteiger partial charge in [0.15, 0.2) is 11.5 Å². The van der Waals surface area contributed by atoms with E-state index in [9.17, 15) is 9.59 Å². The first-order valence-electron chi connectivity index (χ1n) is 10.3. The van der Waals surface area contributed by atoms with Crippen LogP contribution in [0.15, 0.2) is 30.3 Å². The summed E-state index contributed by atoms with van der Waals surface area (Å²) in [7, 11) is 1.48. The molecule has 31 heavy (non-hydrogen) atoms. The molecule has 2 amide bonds. The van der Waals surface area contributed by atoms with Crippen LogP contribution in [0.4, 0.5) is 5.69 Å². The predicted molar refractivity (Wildman–Crippen MR) is 123 cm³/mol. The summed E-state index contributed by atoms with van der Waals surface area (Å²) >= 11 is 12.5. The Morgan fingerprint density at radius 2 is 1.84 bits per heavy atom. The van der Waals surface area contributed by atoms with E-state index >= 15 is 0 Å². The summed E-state index contributed by atoms with van der Waals surface area (Å²) in [6.07, 6.45) is 3.89. The van der Waals surface area contributed by atoms with Gasteiger partial charge in [0.2, 0.25) is 0 Å². The van der Waals surface area contributed by atoms with Gasteiger partial charge in [-0.2, -0.15) is 0 Å². The fourth-order valence-corrected chi connectivity index (χ4v) is 3.90. The first kappa shape index (κ1) is 23.2. The van der Waals surface area contributed by atoms with E-state index in [0.717, 1.165) is 25.7 Å². The zero-order valence-electron chi connectivity index (χ0n) is 17.7. The maximum Gasteiger partial charge on any atom is 0.255 e. The first-order valence-corrected chi connectivity index (χ1v) is 11.1. The molecule has 1 fully saturated rings. The Balaban J connectivity index is 1.87. The smallest absolute Gasteiger partial charge is 0.255 e. The fourth-order valence-electron chi connectivity index (χ4n) is 3.46. The van der Waals surface area contributed by atoms with Gasteiger partial charge in [-0.1, -0.05) is 30.1 Å². The van der Waals surface area contributed by atoms with Crippen LogP contribution in [0.5, 0.6) is 11.5 Å². The number of likely N-dealkylation sites (tertiary alicyclic amines) is 1. The highest BCUT2D eigenvalue weighted by Crippen LogP contribution is 2.37. The second-order valence-corrected chi connectivity index (χ2v) is 8.18. The zero-order valence-corrected chi connectivity index (χ0v) is 19.2. The molecule has 0 aliphatic carbocycles. The molecular weight excluding hydrogens is 439 g/mol. The van der Waals surface area contributed by atoms with Gasteiger partial charge in [0.1, 0.15) is 0 Å². The Morgan fingerprint density at radius 3 is 2.52 bits per heavy atom. The zero-order chi connectivity index (χ0) is 22.4. The van der Waals surface area contributed by atoms with Crippen LogP contribution in [0.1, 0.15) is 53.3 Å². The highest BCUT2D eigenvalue weighted by molar-refractivity contribution is 6.33. The SMILES string of the molecule is CCCOc1c(Cl)cc(C(=O)Nc2cc(Cl)ccc2C(=O)N2CCCCC2)cc1OC. The van der Waals surface area contributed by atoms with E-state index in [1.54, 1.807) is 24.3 Å². The minimum atomic E-state index is -0.433. The molecular formula is C23H26Cl2N2O4. The number of piperidine rings is 1. The predicted octanol–water partition coefficient (Wildman–Crippen LogP) is 5.67. The van der Waals surface area contributed by atoms with Crippen LogP contribution in [0.25, 0.3) is 0 Å². The van der Waals surface area contributed by atoms with E-state index < -0.39 is 5.91 Å². The summed E-state index contributed by atoms with van der Waals surface area (Å²) in [4.78, 5) is 27.8. The van der Waals surface area contributed by atoms with Crippen molar-refractivity contribution in [2.75, 3.05) is 32.1 Å². The number of amides is 2. The second kappa shape index (κ2) is 10.7. The molecule has 2 aromatic carbocycles. The molecule has 0 saturated carbocycles. The number of ether oxygens (including phenoxy) is 2. The molecule has 2 aromatic rings. The van der Waals surface area contributed by atoms with Crippen molar-refractivity contribution >= 4 is 40.7 Å². The van der Waals surface area contributed by atoms with Crippen LogP contribution in [0.2, 0.25) is 10.0 Å². The minimum Gasteiger partial charge on any atom is -0.493 e. The van der Waals surface area contributed by atoms with Crippen molar-refractivity contribution in [3.05, 3.63) is 51.5 Å². The lowest BCUT2D eigenvalue weighted by molar-refractivity contribution is 0.0725. The number of carbonyl (C=O) groups is 2. The van der Waals surface area contributed by atoms with Gasteiger partial charge in [-0.25, -0.2) is 0 Å². The largest absolute Gasteiger partial charge is 0.493 e. The van der Waals surface area contributed by atoms with Gasteiger partial charge in [0, 0.05) is 23.7 Å². The first-order chi connectivity index (χ1) is 14.9. The third-order valence-electron chi connectivity index (χ3n) is 5.05. The lowest BCUT2D eigenvalue weighted by Crippen LogP contribution is -2.36. The van der Waals surface area contributed by atoms with Crippen LogP contribution >= 0.6 is 23.2 Å². The molecule has 0 aromatic heterocycles. The van der Waals surface area contributed by atoms with Crippen LogP contribution in [0.3, 0.4) is 0 Å². The topological polar surface area (TPSA) is 67.9 Å². The van der Waals surface area contributed by atoms with E-state index in [1.807, 2.05) is 11.8 Å². The van der Waals surface area contributed by atoms with Crippen molar-refractivity contribution in [2.45, 2.75) is 32.6 Å². The van der Waals surface area contributed by atoms with Crippen LogP contribution < -0.4 is 14.8 Å². The normalized spacial score (nSPS) is 13.6. The van der Waals surface area contributed by atoms with Crippen molar-refractivity contribution in [3.8, 4) is 11.5 Å². The standard InChI is InChI=1S/C23H26Cl2N2O4/c1-3-11-31-21-18(25)12-15(13-20(21)30-2)22(28)26-19-14-16(24)7-8-17(19)23(29)27-9-5-4-6-10-27/h7-8,12-14H,3-6,9-11H2,1-2H3,(H,26,28). The van der Waals surface area contributed by atoms with E-state index in [2.05, 4.69) is 5.32 Å². The number of rotatable bonds is 7. The summed E-state index contributed by atoms with van der Waals surface area (Å²) < 4.78 is 11.0. The van der Waals surface area contributed by atoms with Crippen LogP contribution in [0, 0.1) is 0 Å². The molecule has 1 aliphatic heterocycles. The number of anilines is 1.